The van der Waals surface area contributed by atoms with Crippen molar-refractivity contribution in [2.75, 3.05) is 6.26 Å². The van der Waals surface area contributed by atoms with E-state index in [0.29, 0.717) is 13.6 Å². The molecule has 158 valence electrons. The van der Waals surface area contributed by atoms with Crippen molar-refractivity contribution >= 4 is 64.6 Å². The van der Waals surface area contributed by atoms with Crippen LogP contribution in [0.15, 0.2) is 81.7 Å². The number of thioether (sulfide) groups is 1. The van der Waals surface area contributed by atoms with E-state index < -0.39 is 19.8 Å². The van der Waals surface area contributed by atoms with Crippen LogP contribution in [0.4, 0.5) is 0 Å². The minimum absolute atomic E-state index is 0.0384. The molecule has 0 radical (unpaired) electrons. The average molecular weight is 545 g/mol. The van der Waals surface area contributed by atoms with E-state index in [1.54, 1.807) is 42.7 Å². The van der Waals surface area contributed by atoms with Crippen LogP contribution in [0, 0.1) is 12.3 Å². The first-order chi connectivity index (χ1) is 14.1. The molecule has 0 bridgehead atoms. The van der Waals surface area contributed by atoms with E-state index in [-0.39, 0.29) is 20.5 Å². The Balaban J connectivity index is 2.37. The fourth-order valence-electron chi connectivity index (χ4n) is 2.57. The van der Waals surface area contributed by atoms with Gasteiger partial charge < -0.3 is 5.73 Å². The number of nitrogens with zero attached hydrogens (tertiary/aromatic N) is 1. The van der Waals surface area contributed by atoms with Gasteiger partial charge in [-0.3, -0.25) is 5.41 Å². The molecule has 0 aliphatic carbocycles. The summed E-state index contributed by atoms with van der Waals surface area (Å²) >= 11 is 5.84. The number of nitrogen functional groups attached to an aromatic ring is 1. The van der Waals surface area contributed by atoms with Crippen LogP contribution in [-0.4, -0.2) is 24.7 Å². The Labute approximate surface area is 192 Å². The van der Waals surface area contributed by atoms with E-state index in [0.717, 1.165) is 5.56 Å². The highest BCUT2D eigenvalue weighted by atomic mass is 79.9. The Morgan fingerprint density at radius 2 is 1.77 bits per heavy atom. The second kappa shape index (κ2) is 8.83. The van der Waals surface area contributed by atoms with Crippen molar-refractivity contribution < 1.29 is 12.6 Å². The third-order valence-corrected chi connectivity index (χ3v) is 11.4. The summed E-state index contributed by atoms with van der Waals surface area (Å²) in [4.78, 5) is 0.846. The number of nitrogens with one attached hydrogen (secondary N) is 1. The Morgan fingerprint density at radius 1 is 1.10 bits per heavy atom. The Morgan fingerprint density at radius 3 is 2.33 bits per heavy atom. The van der Waals surface area contributed by atoms with Crippen molar-refractivity contribution in [2.45, 2.75) is 25.8 Å². The third-order valence-electron chi connectivity index (χ3n) is 4.05. The van der Waals surface area contributed by atoms with Crippen molar-refractivity contribution in [1.29, 1.82) is 5.41 Å². The van der Waals surface area contributed by atoms with Gasteiger partial charge in [0.05, 0.1) is 23.8 Å². The summed E-state index contributed by atoms with van der Waals surface area (Å²) in [5.74, 6) is -0.182. The van der Waals surface area contributed by atoms with E-state index in [1.807, 2.05) is 6.92 Å². The molecule has 6 nitrogen and oxygen atoms in total. The predicted octanol–water partition coefficient (Wildman–Crippen LogP) is 5.10. The molecule has 0 amide bonds. The first kappa shape index (κ1) is 23.0. The van der Waals surface area contributed by atoms with Gasteiger partial charge in [-0.25, -0.2) is 4.21 Å². The van der Waals surface area contributed by atoms with Crippen LogP contribution in [0.5, 0.6) is 0 Å². The smallest absolute Gasteiger partial charge is 0.290 e. The van der Waals surface area contributed by atoms with E-state index in [4.69, 9.17) is 11.1 Å². The lowest BCUT2D eigenvalue weighted by atomic mass is 10.2. The Bertz CT molecular complexity index is 1340. The topological polar surface area (TPSA) is 113 Å². The summed E-state index contributed by atoms with van der Waals surface area (Å²) in [6, 6.07) is 14.3. The van der Waals surface area contributed by atoms with E-state index in [1.165, 1.54) is 41.3 Å². The van der Waals surface area contributed by atoms with Gasteiger partial charge in [-0.05, 0) is 49.6 Å². The average Bonchev–Trinajstić information content (AvgIpc) is 3.13. The fourth-order valence-corrected chi connectivity index (χ4v) is 9.66. The lowest BCUT2D eigenvalue weighted by Gasteiger charge is -2.12. The van der Waals surface area contributed by atoms with Crippen LogP contribution >= 0.6 is 39.0 Å². The van der Waals surface area contributed by atoms with Crippen molar-refractivity contribution in [3.05, 3.63) is 69.5 Å². The molecule has 0 saturated carbocycles. The maximum atomic E-state index is 14.3. The van der Waals surface area contributed by atoms with Crippen molar-refractivity contribution in [1.82, 2.24) is 0 Å². The molecule has 30 heavy (non-hydrogen) atoms. The van der Waals surface area contributed by atoms with Gasteiger partial charge in [0.1, 0.15) is 15.6 Å². The number of nitrogens with two attached hydrogens (primary N) is 1. The van der Waals surface area contributed by atoms with Gasteiger partial charge in [-0.15, -0.1) is 23.1 Å². The summed E-state index contributed by atoms with van der Waals surface area (Å²) in [5.41, 5.74) is 6.52. The SMILES string of the molecule is CSc1sc(C(=N)N)cc1S(=O)(=NS(=O)(=O)c1ccc(C)cc1)c1cccc(Br)c1. The van der Waals surface area contributed by atoms with E-state index >= 15 is 0 Å². The molecule has 1 atom stereocenters. The molecule has 3 N–H and O–H groups in total. The molecule has 0 saturated heterocycles. The fraction of sp³-hybridized carbons (Fsp3) is 0.105. The maximum absolute atomic E-state index is 14.3. The number of benzene rings is 2. The number of thiophene rings is 1. The normalized spacial score (nSPS) is 13.6. The van der Waals surface area contributed by atoms with Gasteiger partial charge in [0.25, 0.3) is 10.0 Å². The minimum atomic E-state index is -4.24. The zero-order valence-electron chi connectivity index (χ0n) is 16.0. The van der Waals surface area contributed by atoms with Gasteiger partial charge in [-0.2, -0.15) is 8.42 Å². The van der Waals surface area contributed by atoms with Crippen molar-refractivity contribution in [3.8, 4) is 0 Å². The van der Waals surface area contributed by atoms with Crippen LogP contribution in [-0.2, 0) is 19.8 Å². The third kappa shape index (κ3) is 4.65. The molecular formula is C19H18BrN3O3S4. The summed E-state index contributed by atoms with van der Waals surface area (Å²) < 4.78 is 45.7. The molecular weight excluding hydrogens is 526 g/mol. The summed E-state index contributed by atoms with van der Waals surface area (Å²) in [6.07, 6.45) is 1.79. The largest absolute Gasteiger partial charge is 0.383 e. The lowest BCUT2D eigenvalue weighted by molar-refractivity contribution is 0.598. The number of halogens is 1. The van der Waals surface area contributed by atoms with Crippen LogP contribution in [0.1, 0.15) is 10.4 Å². The van der Waals surface area contributed by atoms with Crippen LogP contribution in [0.25, 0.3) is 0 Å². The highest BCUT2D eigenvalue weighted by Crippen LogP contribution is 2.39. The standard InChI is InChI=1S/C19H18BrN3O3S4/c1-12-6-8-14(9-7-12)30(25,26)23-29(24,15-5-3-4-13(20)10-15)17-11-16(18(21)22)28-19(17)27-2/h3-11H,1-2H3,(H3,21,22). The summed E-state index contributed by atoms with van der Waals surface area (Å²) in [5, 5.41) is 7.73. The monoisotopic (exact) mass is 543 g/mol. The second-order valence-electron chi connectivity index (χ2n) is 6.23. The zero-order valence-corrected chi connectivity index (χ0v) is 20.8. The van der Waals surface area contributed by atoms with Crippen LogP contribution in [0.2, 0.25) is 0 Å². The predicted molar refractivity (Wildman–Crippen MR) is 127 cm³/mol. The van der Waals surface area contributed by atoms with E-state index in [2.05, 4.69) is 19.7 Å². The summed E-state index contributed by atoms with van der Waals surface area (Å²) in [7, 11) is -7.83. The Kier molecular flexibility index (Phi) is 6.78. The highest BCUT2D eigenvalue weighted by molar-refractivity contribution is 9.10. The number of hydrogen-bond donors (Lipinski definition) is 2. The first-order valence-electron chi connectivity index (χ1n) is 8.45. The minimum Gasteiger partial charge on any atom is -0.383 e. The zero-order chi connectivity index (χ0) is 22.1. The Hall–Kier alpha value is -1.66. The lowest BCUT2D eigenvalue weighted by Crippen LogP contribution is -2.10. The molecule has 0 fully saturated rings. The van der Waals surface area contributed by atoms with Gasteiger partial charge in [0.2, 0.25) is 0 Å². The van der Waals surface area contributed by atoms with Gasteiger partial charge in [-0.1, -0.05) is 43.5 Å². The summed E-state index contributed by atoms with van der Waals surface area (Å²) in [6.45, 7) is 1.84. The van der Waals surface area contributed by atoms with Crippen molar-refractivity contribution in [3.63, 3.8) is 0 Å². The molecule has 3 aromatic rings. The van der Waals surface area contributed by atoms with E-state index in [9.17, 15) is 12.6 Å². The highest BCUT2D eigenvalue weighted by Gasteiger charge is 2.27. The van der Waals surface area contributed by atoms with Crippen molar-refractivity contribution in [2.24, 2.45) is 9.50 Å². The molecule has 0 aliphatic rings. The van der Waals surface area contributed by atoms with Gasteiger partial charge >= 0.3 is 0 Å². The molecule has 1 aromatic heterocycles. The maximum Gasteiger partial charge on any atom is 0.290 e. The number of rotatable bonds is 6. The molecule has 11 heteroatoms. The second-order valence-corrected chi connectivity index (χ2v) is 13.2. The first-order valence-corrected chi connectivity index (χ1v) is 14.2. The number of aryl methyl sites for hydroxylation is 1. The van der Waals surface area contributed by atoms with Gasteiger partial charge in [0.15, 0.2) is 0 Å². The number of sulfonamides is 1. The number of hydrogen-bond acceptors (Lipinski definition) is 6. The quantitative estimate of drug-likeness (QED) is 0.255. The molecule has 2 aromatic carbocycles. The van der Waals surface area contributed by atoms with Gasteiger partial charge in [0, 0.05) is 4.47 Å². The molecule has 1 unspecified atom stereocenters. The molecule has 3 rings (SSSR count). The molecule has 1 heterocycles. The van der Waals surface area contributed by atoms with Crippen LogP contribution < -0.4 is 5.73 Å². The number of amidine groups is 1. The molecule has 0 aliphatic heterocycles. The van der Waals surface area contributed by atoms with Crippen LogP contribution in [0.3, 0.4) is 0 Å². The molecule has 0 spiro atoms.